The first-order valence-electron chi connectivity index (χ1n) is 9.04. The van der Waals surface area contributed by atoms with Crippen LogP contribution in [0.3, 0.4) is 0 Å². The molecule has 25 heavy (non-hydrogen) atoms. The summed E-state index contributed by atoms with van der Waals surface area (Å²) in [6.45, 7) is 10.6. The fourth-order valence-electron chi connectivity index (χ4n) is 4.02. The molecule has 3 fully saturated rings. The summed E-state index contributed by atoms with van der Waals surface area (Å²) in [7, 11) is -1.62. The van der Waals surface area contributed by atoms with Gasteiger partial charge < -0.3 is 10.2 Å². The highest BCUT2D eigenvalue weighted by molar-refractivity contribution is 7.43. The van der Waals surface area contributed by atoms with Gasteiger partial charge in [-0.2, -0.15) is 0 Å². The lowest BCUT2D eigenvalue weighted by Crippen LogP contribution is -2.67. The van der Waals surface area contributed by atoms with Gasteiger partial charge in [0, 0.05) is 5.92 Å². The minimum absolute atomic E-state index is 0.0723. The number of aliphatic hydroxyl groups excluding tert-OH is 1. The van der Waals surface area contributed by atoms with E-state index in [0.29, 0.717) is 6.42 Å². The fourth-order valence-corrected chi connectivity index (χ4v) is 5.21. The molecule has 3 aliphatic heterocycles. The van der Waals surface area contributed by atoms with E-state index in [0.717, 1.165) is 18.4 Å². The predicted molar refractivity (Wildman–Crippen MR) is 96.6 cm³/mol. The van der Waals surface area contributed by atoms with E-state index in [-0.39, 0.29) is 11.3 Å². The highest BCUT2D eigenvalue weighted by Crippen LogP contribution is 2.73. The third-order valence-electron chi connectivity index (χ3n) is 5.57. The maximum Gasteiger partial charge on any atom is 0.344 e. The van der Waals surface area contributed by atoms with Crippen LogP contribution in [0, 0.1) is 5.41 Å². The number of hydrogen-bond acceptors (Lipinski definition) is 5. The molecular weight excluding hydrogens is 339 g/mol. The van der Waals surface area contributed by atoms with Gasteiger partial charge in [0.15, 0.2) is 6.29 Å². The van der Waals surface area contributed by atoms with E-state index in [4.69, 9.17) is 13.6 Å². The van der Waals surface area contributed by atoms with Crippen molar-refractivity contribution in [1.82, 2.24) is 0 Å². The first-order chi connectivity index (χ1) is 11.7. The molecule has 4 rings (SSSR count). The van der Waals surface area contributed by atoms with Crippen molar-refractivity contribution in [2.45, 2.75) is 77.5 Å². The molecule has 2 N–H and O–H groups in total. The van der Waals surface area contributed by atoms with Crippen LogP contribution >= 0.6 is 8.60 Å². The van der Waals surface area contributed by atoms with Crippen molar-refractivity contribution in [3.63, 3.8) is 0 Å². The van der Waals surface area contributed by atoms with Crippen LogP contribution in [0.5, 0.6) is 0 Å². The molecular formula is C19H29O5P. The Morgan fingerprint density at radius 1 is 1.16 bits per heavy atom. The number of rotatable bonds is 5. The Bertz CT molecular complexity index is 602. The van der Waals surface area contributed by atoms with E-state index in [1.807, 2.05) is 6.92 Å². The minimum Gasteiger partial charge on any atom is -0.367 e. The molecule has 3 saturated heterocycles. The van der Waals surface area contributed by atoms with Crippen LogP contribution in [-0.2, 0) is 19.0 Å². The third kappa shape index (κ3) is 2.95. The maximum atomic E-state index is 10.9. The Labute approximate surface area is 151 Å². The number of aliphatic hydroxyl groups is 2. The molecule has 0 aromatic heterocycles. The lowest BCUT2D eigenvalue weighted by atomic mass is 9.65. The fraction of sp³-hybridized carbons (Fsp3) is 0.684. The van der Waals surface area contributed by atoms with Gasteiger partial charge in [-0.3, -0.25) is 13.6 Å². The summed E-state index contributed by atoms with van der Waals surface area (Å²) in [6, 6.07) is 8.42. The van der Waals surface area contributed by atoms with Crippen molar-refractivity contribution in [3.05, 3.63) is 35.4 Å². The molecule has 0 spiro atoms. The van der Waals surface area contributed by atoms with Gasteiger partial charge in [0.05, 0.1) is 0 Å². The lowest BCUT2D eigenvalue weighted by molar-refractivity contribution is -0.458. The Hall–Kier alpha value is -0.550. The van der Waals surface area contributed by atoms with Crippen LogP contribution in [0.4, 0.5) is 0 Å². The first-order valence-corrected chi connectivity index (χ1v) is 10.1. The molecule has 0 amide bonds. The highest BCUT2D eigenvalue weighted by atomic mass is 31.2. The van der Waals surface area contributed by atoms with Crippen molar-refractivity contribution in [1.29, 1.82) is 0 Å². The van der Waals surface area contributed by atoms with Crippen molar-refractivity contribution < 1.29 is 23.8 Å². The van der Waals surface area contributed by atoms with E-state index in [1.165, 1.54) is 5.56 Å². The van der Waals surface area contributed by atoms with Crippen molar-refractivity contribution in [2.75, 3.05) is 0 Å². The van der Waals surface area contributed by atoms with E-state index in [1.54, 1.807) is 0 Å². The Kier molecular flexibility index (Phi) is 5.04. The molecule has 140 valence electrons. The molecule has 3 unspecified atom stereocenters. The largest absolute Gasteiger partial charge is 0.367 e. The molecule has 0 aliphatic carbocycles. The molecule has 6 heteroatoms. The molecule has 0 saturated carbocycles. The average molecular weight is 368 g/mol. The van der Waals surface area contributed by atoms with Gasteiger partial charge in [-0.05, 0) is 29.4 Å². The summed E-state index contributed by atoms with van der Waals surface area (Å²) in [5.41, 5.74) is 1.32. The number of fused-ring (bicyclic) bond motifs is 2. The predicted octanol–water partition coefficient (Wildman–Crippen LogP) is 4.53. The molecule has 1 aromatic carbocycles. The summed E-state index contributed by atoms with van der Waals surface area (Å²) in [5, 5.41) is 21.6. The van der Waals surface area contributed by atoms with Gasteiger partial charge in [0.2, 0.25) is 0 Å². The third-order valence-corrected chi connectivity index (χ3v) is 6.74. The van der Waals surface area contributed by atoms with Crippen LogP contribution in [0.2, 0.25) is 0 Å². The molecule has 3 atom stereocenters. The summed E-state index contributed by atoms with van der Waals surface area (Å²) in [5.74, 6) is -1.93. The minimum atomic E-state index is -1.78. The molecule has 2 bridgehead atoms. The second-order valence-electron chi connectivity index (χ2n) is 8.05. The number of benzene rings is 1. The average Bonchev–Trinajstić information content (AvgIpc) is 2.52. The summed E-state index contributed by atoms with van der Waals surface area (Å²) in [6.07, 6.45) is 1.05. The Morgan fingerprint density at radius 3 is 2.20 bits per heavy atom. The summed E-state index contributed by atoms with van der Waals surface area (Å²) < 4.78 is 16.4. The molecule has 1 aromatic rings. The van der Waals surface area contributed by atoms with Crippen molar-refractivity contribution in [2.24, 2.45) is 5.41 Å². The molecule has 3 heterocycles. The smallest absolute Gasteiger partial charge is 0.344 e. The Morgan fingerprint density at radius 2 is 1.76 bits per heavy atom. The topological polar surface area (TPSA) is 68.2 Å². The van der Waals surface area contributed by atoms with Crippen LogP contribution < -0.4 is 0 Å². The Balaban J connectivity index is 2.02. The monoisotopic (exact) mass is 368 g/mol. The SMILES string of the molecule is CCCC(c1ccc(C(C)(C)C)cc1)C1(CC)C(O)OP2OC1(O)O2. The normalized spacial score (nSPS) is 36.0. The van der Waals surface area contributed by atoms with E-state index in [2.05, 4.69) is 52.0 Å². The van der Waals surface area contributed by atoms with Crippen LogP contribution in [0.25, 0.3) is 0 Å². The summed E-state index contributed by atoms with van der Waals surface area (Å²) in [4.78, 5) is 0. The summed E-state index contributed by atoms with van der Waals surface area (Å²) >= 11 is 0. The van der Waals surface area contributed by atoms with E-state index < -0.39 is 26.3 Å². The zero-order chi connectivity index (χ0) is 18.5. The van der Waals surface area contributed by atoms with Crippen molar-refractivity contribution >= 4 is 8.60 Å². The quantitative estimate of drug-likeness (QED) is 0.747. The number of hydrogen-bond donors (Lipinski definition) is 2. The van der Waals surface area contributed by atoms with Crippen LogP contribution in [0.1, 0.15) is 70.9 Å². The first kappa shape index (κ1) is 19.2. The second-order valence-corrected chi connectivity index (χ2v) is 9.08. The zero-order valence-electron chi connectivity index (χ0n) is 15.7. The highest BCUT2D eigenvalue weighted by Gasteiger charge is 2.73. The zero-order valence-corrected chi connectivity index (χ0v) is 16.5. The van der Waals surface area contributed by atoms with Gasteiger partial charge in [0.1, 0.15) is 5.41 Å². The molecule has 0 radical (unpaired) electrons. The molecule has 3 aliphatic rings. The van der Waals surface area contributed by atoms with Crippen molar-refractivity contribution in [3.8, 4) is 0 Å². The van der Waals surface area contributed by atoms with Gasteiger partial charge in [-0.15, -0.1) is 0 Å². The molecule has 5 nitrogen and oxygen atoms in total. The van der Waals surface area contributed by atoms with E-state index >= 15 is 0 Å². The van der Waals surface area contributed by atoms with Gasteiger partial charge in [-0.25, -0.2) is 0 Å². The van der Waals surface area contributed by atoms with Crippen LogP contribution in [-0.4, -0.2) is 22.5 Å². The maximum absolute atomic E-state index is 10.9. The van der Waals surface area contributed by atoms with Gasteiger partial charge in [0.25, 0.3) is 0 Å². The lowest BCUT2D eigenvalue weighted by Gasteiger charge is -2.60. The standard InChI is InChI=1S/C19H29O5P/c1-6-8-15(13-9-11-14(12-10-13)17(3,4)5)18(7-2)16(20)22-25-23-19(18,21)24-25/h9-12,15-16,20-21H,6-8H2,1-5H3. The van der Waals surface area contributed by atoms with Gasteiger partial charge in [-0.1, -0.05) is 65.3 Å². The van der Waals surface area contributed by atoms with Gasteiger partial charge >= 0.3 is 14.6 Å². The van der Waals surface area contributed by atoms with Crippen LogP contribution in [0.15, 0.2) is 24.3 Å². The second kappa shape index (κ2) is 6.56. The van der Waals surface area contributed by atoms with E-state index in [9.17, 15) is 10.2 Å².